The van der Waals surface area contributed by atoms with Gasteiger partial charge in [-0.3, -0.25) is 0 Å². The van der Waals surface area contributed by atoms with Crippen molar-refractivity contribution >= 4 is 38.9 Å². The monoisotopic (exact) mass is 866 g/mol. The molecule has 0 unspecified atom stereocenters. The van der Waals surface area contributed by atoms with Crippen LogP contribution >= 0.6 is 0 Å². The number of para-hydroxylation sites is 2. The molecule has 2 heteroatoms. The van der Waals surface area contributed by atoms with Gasteiger partial charge in [-0.05, 0) is 152 Å². The van der Waals surface area contributed by atoms with Crippen LogP contribution in [0.3, 0.4) is 0 Å². The van der Waals surface area contributed by atoms with Crippen LogP contribution in [0.4, 0.5) is 17.1 Å². The molecular weight excluding hydrogens is 821 g/mol. The van der Waals surface area contributed by atoms with Gasteiger partial charge in [-0.1, -0.05) is 194 Å². The molecule has 1 aromatic heterocycles. The first-order valence-electron chi connectivity index (χ1n) is 23.3. The molecule has 12 aromatic rings. The smallest absolute Gasteiger partial charge is 0.0547 e. The number of fused-ring (bicyclic) bond motifs is 3. The lowest BCUT2D eigenvalue weighted by atomic mass is 9.93. The zero-order valence-electron chi connectivity index (χ0n) is 37.5. The highest BCUT2D eigenvalue weighted by Gasteiger charge is 2.18. The van der Waals surface area contributed by atoms with Crippen molar-refractivity contribution in [2.24, 2.45) is 0 Å². The summed E-state index contributed by atoms with van der Waals surface area (Å²) in [4.78, 5) is 2.38. The van der Waals surface area contributed by atoms with Crippen LogP contribution in [0.1, 0.15) is 0 Å². The molecular formula is C66H46N2. The summed E-state index contributed by atoms with van der Waals surface area (Å²) in [5, 5.41) is 2.50. The van der Waals surface area contributed by atoms with Crippen LogP contribution in [-0.4, -0.2) is 4.57 Å². The molecule has 0 fully saturated rings. The first kappa shape index (κ1) is 40.5. The van der Waals surface area contributed by atoms with Crippen molar-refractivity contribution in [2.45, 2.75) is 0 Å². The molecule has 320 valence electrons. The van der Waals surface area contributed by atoms with Gasteiger partial charge in [-0.25, -0.2) is 0 Å². The summed E-state index contributed by atoms with van der Waals surface area (Å²) in [5.41, 5.74) is 21.0. The minimum atomic E-state index is 1.08. The minimum Gasteiger partial charge on any atom is -0.310 e. The lowest BCUT2D eigenvalue weighted by Gasteiger charge is -2.26. The summed E-state index contributed by atoms with van der Waals surface area (Å²) in [6, 6.07) is 101. The molecule has 0 aliphatic rings. The van der Waals surface area contributed by atoms with Crippen molar-refractivity contribution < 1.29 is 0 Å². The van der Waals surface area contributed by atoms with E-state index in [4.69, 9.17) is 0 Å². The Morgan fingerprint density at radius 3 is 1.22 bits per heavy atom. The van der Waals surface area contributed by atoms with E-state index in [2.05, 4.69) is 289 Å². The second-order valence-corrected chi connectivity index (χ2v) is 17.3. The van der Waals surface area contributed by atoms with E-state index in [9.17, 15) is 0 Å². The van der Waals surface area contributed by atoms with Gasteiger partial charge < -0.3 is 9.47 Å². The van der Waals surface area contributed by atoms with Crippen LogP contribution in [0.25, 0.3) is 94.3 Å². The van der Waals surface area contributed by atoms with E-state index in [1.54, 1.807) is 0 Å². The molecule has 0 N–H and O–H groups in total. The van der Waals surface area contributed by atoms with Gasteiger partial charge >= 0.3 is 0 Å². The normalized spacial score (nSPS) is 11.2. The molecule has 0 saturated heterocycles. The average molecular weight is 867 g/mol. The standard InChI is InChI=1S/C66H46N2/c1-5-18-47(19-6-1)50-34-38-59(39-35-50)67(60-40-36-51(37-41-60)57-44-55(48-20-7-2-8-21-48)43-56(45-57)49-22-9-3-10-23-49)61-29-16-25-53(46-61)52-24-15-26-54(42-52)62-31-17-33-65-66(62)63-30-13-14-32-64(63)68(65)58-27-11-4-12-28-58/h1-46H. The fraction of sp³-hybridized carbons (Fsp3) is 0. The number of rotatable bonds is 10. The highest BCUT2D eigenvalue weighted by atomic mass is 15.1. The highest BCUT2D eigenvalue weighted by molar-refractivity contribution is 6.16. The van der Waals surface area contributed by atoms with Crippen LogP contribution in [0.2, 0.25) is 0 Å². The Morgan fingerprint density at radius 2 is 0.632 bits per heavy atom. The lowest BCUT2D eigenvalue weighted by Crippen LogP contribution is -2.10. The van der Waals surface area contributed by atoms with Crippen LogP contribution in [0.5, 0.6) is 0 Å². The molecule has 0 amide bonds. The quantitative estimate of drug-likeness (QED) is 0.133. The van der Waals surface area contributed by atoms with Gasteiger partial charge in [-0.15, -0.1) is 0 Å². The Morgan fingerprint density at radius 1 is 0.235 bits per heavy atom. The van der Waals surface area contributed by atoms with Crippen molar-refractivity contribution in [2.75, 3.05) is 4.90 Å². The number of aromatic nitrogens is 1. The second kappa shape index (κ2) is 17.8. The van der Waals surface area contributed by atoms with E-state index in [1.165, 1.54) is 71.9 Å². The predicted molar refractivity (Wildman–Crippen MR) is 288 cm³/mol. The minimum absolute atomic E-state index is 1.08. The fourth-order valence-corrected chi connectivity index (χ4v) is 9.88. The van der Waals surface area contributed by atoms with E-state index in [0.29, 0.717) is 0 Å². The Kier molecular flexibility index (Phi) is 10.6. The Bertz CT molecular complexity index is 3630. The largest absolute Gasteiger partial charge is 0.310 e. The maximum Gasteiger partial charge on any atom is 0.0547 e. The van der Waals surface area contributed by atoms with Crippen molar-refractivity contribution in [1.29, 1.82) is 0 Å². The number of benzene rings is 11. The van der Waals surface area contributed by atoms with Crippen LogP contribution in [-0.2, 0) is 0 Å². The first-order chi connectivity index (χ1) is 33.7. The molecule has 68 heavy (non-hydrogen) atoms. The number of anilines is 3. The molecule has 0 bridgehead atoms. The van der Waals surface area contributed by atoms with E-state index in [1.807, 2.05) is 0 Å². The Balaban J connectivity index is 0.946. The average Bonchev–Trinajstić information content (AvgIpc) is 3.77. The molecule has 2 nitrogen and oxygen atoms in total. The van der Waals surface area contributed by atoms with Crippen LogP contribution in [0, 0.1) is 0 Å². The van der Waals surface area contributed by atoms with E-state index in [-0.39, 0.29) is 0 Å². The van der Waals surface area contributed by atoms with Gasteiger partial charge in [0.05, 0.1) is 11.0 Å². The van der Waals surface area contributed by atoms with Crippen molar-refractivity contribution in [1.82, 2.24) is 4.57 Å². The molecule has 0 atom stereocenters. The SMILES string of the molecule is c1ccc(-c2ccc(N(c3ccc(-c4cc(-c5ccccc5)cc(-c5ccccc5)c4)cc3)c3cccc(-c4cccc(-c5cccc6c5c5ccccc5n6-c5ccccc5)c4)c3)cc2)cc1. The Labute approximate surface area is 397 Å². The second-order valence-electron chi connectivity index (χ2n) is 17.3. The van der Waals surface area contributed by atoms with Gasteiger partial charge in [0.2, 0.25) is 0 Å². The van der Waals surface area contributed by atoms with Gasteiger partial charge in [0.25, 0.3) is 0 Å². The molecule has 11 aromatic carbocycles. The maximum absolute atomic E-state index is 2.39. The zero-order valence-corrected chi connectivity index (χ0v) is 37.5. The van der Waals surface area contributed by atoms with E-state index in [0.717, 1.165) is 39.4 Å². The molecule has 0 saturated carbocycles. The molecule has 12 rings (SSSR count). The van der Waals surface area contributed by atoms with Gasteiger partial charge in [0.15, 0.2) is 0 Å². The van der Waals surface area contributed by atoms with Crippen molar-refractivity contribution in [3.05, 3.63) is 279 Å². The fourth-order valence-electron chi connectivity index (χ4n) is 9.88. The molecule has 0 aliphatic carbocycles. The summed E-state index contributed by atoms with van der Waals surface area (Å²) in [6.45, 7) is 0. The molecule has 0 radical (unpaired) electrons. The maximum atomic E-state index is 2.39. The van der Waals surface area contributed by atoms with Crippen LogP contribution in [0.15, 0.2) is 279 Å². The summed E-state index contributed by atoms with van der Waals surface area (Å²) < 4.78 is 2.39. The van der Waals surface area contributed by atoms with Crippen LogP contribution < -0.4 is 4.90 Å². The Hall–Kier alpha value is -8.98. The third-order valence-corrected chi connectivity index (χ3v) is 13.2. The topological polar surface area (TPSA) is 8.17 Å². The van der Waals surface area contributed by atoms with E-state index < -0.39 is 0 Å². The molecule has 0 aliphatic heterocycles. The third kappa shape index (κ3) is 7.74. The van der Waals surface area contributed by atoms with Gasteiger partial charge in [0.1, 0.15) is 0 Å². The number of nitrogens with zero attached hydrogens (tertiary/aromatic N) is 2. The highest BCUT2D eigenvalue weighted by Crippen LogP contribution is 2.42. The zero-order chi connectivity index (χ0) is 45.2. The van der Waals surface area contributed by atoms with E-state index >= 15 is 0 Å². The van der Waals surface area contributed by atoms with Gasteiger partial charge in [0, 0.05) is 33.5 Å². The van der Waals surface area contributed by atoms with Gasteiger partial charge in [-0.2, -0.15) is 0 Å². The summed E-state index contributed by atoms with van der Waals surface area (Å²) in [5.74, 6) is 0. The predicted octanol–water partition coefficient (Wildman–Crippen LogP) is 18.3. The van der Waals surface area contributed by atoms with Crippen molar-refractivity contribution in [3.63, 3.8) is 0 Å². The summed E-state index contributed by atoms with van der Waals surface area (Å²) in [7, 11) is 0. The lowest BCUT2D eigenvalue weighted by molar-refractivity contribution is 1.18. The third-order valence-electron chi connectivity index (χ3n) is 13.2. The first-order valence-corrected chi connectivity index (χ1v) is 23.3. The summed E-state index contributed by atoms with van der Waals surface area (Å²) >= 11 is 0. The molecule has 1 heterocycles. The summed E-state index contributed by atoms with van der Waals surface area (Å²) in [6.07, 6.45) is 0. The number of hydrogen-bond donors (Lipinski definition) is 0. The van der Waals surface area contributed by atoms with Crippen molar-refractivity contribution in [3.8, 4) is 72.4 Å². The molecule has 0 spiro atoms. The number of hydrogen-bond acceptors (Lipinski definition) is 1.